The van der Waals surface area contributed by atoms with Crippen LogP contribution in [0.15, 0.2) is 63.5 Å². The number of non-ortho nitro benzene ring substituents is 1. The maximum atomic E-state index is 12.5. The number of carbonyl (C=O) groups is 1. The quantitative estimate of drug-likeness (QED) is 0.177. The van der Waals surface area contributed by atoms with Crippen molar-refractivity contribution in [1.29, 1.82) is 0 Å². The van der Waals surface area contributed by atoms with Crippen LogP contribution in [0.1, 0.15) is 6.92 Å². The Morgan fingerprint density at radius 3 is 2.73 bits per heavy atom. The van der Waals surface area contributed by atoms with Crippen LogP contribution >= 0.6 is 39.0 Å². The number of aromatic nitrogens is 4. The van der Waals surface area contributed by atoms with Gasteiger partial charge in [-0.3, -0.25) is 14.9 Å². The van der Waals surface area contributed by atoms with Crippen molar-refractivity contribution in [3.63, 3.8) is 0 Å². The molecule has 0 spiro atoms. The third kappa shape index (κ3) is 5.46. The summed E-state index contributed by atoms with van der Waals surface area (Å²) in [4.78, 5) is 27.6. The summed E-state index contributed by atoms with van der Waals surface area (Å²) in [6.45, 7) is 2.48. The lowest BCUT2D eigenvalue weighted by Gasteiger charge is -2.07. The Kier molecular flexibility index (Phi) is 7.16. The zero-order valence-electron chi connectivity index (χ0n) is 17.3. The molecule has 0 radical (unpaired) electrons. The number of rotatable bonds is 8. The van der Waals surface area contributed by atoms with E-state index in [9.17, 15) is 14.9 Å². The number of thiazole rings is 1. The van der Waals surface area contributed by atoms with Crippen LogP contribution in [-0.4, -0.2) is 36.3 Å². The van der Waals surface area contributed by atoms with Crippen molar-refractivity contribution in [3.8, 4) is 22.6 Å². The molecule has 12 heteroatoms. The van der Waals surface area contributed by atoms with E-state index in [0.29, 0.717) is 28.2 Å². The first-order valence-electron chi connectivity index (χ1n) is 9.76. The molecule has 168 valence electrons. The Hall–Kier alpha value is -3.09. The molecule has 0 bridgehead atoms. The van der Waals surface area contributed by atoms with Gasteiger partial charge in [0.05, 0.1) is 16.4 Å². The molecule has 1 N–H and O–H groups in total. The minimum atomic E-state index is -0.448. The topological polar surface area (TPSA) is 116 Å². The summed E-state index contributed by atoms with van der Waals surface area (Å²) in [6.07, 6.45) is 0. The molecule has 0 saturated carbocycles. The van der Waals surface area contributed by atoms with Crippen molar-refractivity contribution < 1.29 is 9.72 Å². The Balaban J connectivity index is 1.41. The van der Waals surface area contributed by atoms with Gasteiger partial charge in [-0.15, -0.1) is 21.5 Å². The summed E-state index contributed by atoms with van der Waals surface area (Å²) in [5.41, 5.74) is 2.34. The SMILES string of the molecule is CCn1c(SCC(=O)Nc2nc(-c3ccc(Br)cc3)cs2)nnc1-c1cccc([N+](=O)[O-])c1. The Bertz CT molecular complexity index is 1310. The van der Waals surface area contributed by atoms with Crippen molar-refractivity contribution >= 4 is 55.8 Å². The maximum Gasteiger partial charge on any atom is 0.270 e. The second-order valence-corrected chi connectivity index (χ2v) is 9.46. The molecule has 4 rings (SSSR count). The number of carbonyl (C=O) groups excluding carboxylic acids is 1. The van der Waals surface area contributed by atoms with Crippen LogP contribution in [0.25, 0.3) is 22.6 Å². The van der Waals surface area contributed by atoms with Crippen LogP contribution in [0.4, 0.5) is 10.8 Å². The van der Waals surface area contributed by atoms with E-state index in [4.69, 9.17) is 0 Å². The predicted molar refractivity (Wildman–Crippen MR) is 132 cm³/mol. The molecule has 33 heavy (non-hydrogen) atoms. The highest BCUT2D eigenvalue weighted by Gasteiger charge is 2.17. The largest absolute Gasteiger partial charge is 0.302 e. The minimum absolute atomic E-state index is 0.0160. The molecule has 0 aliphatic heterocycles. The monoisotopic (exact) mass is 544 g/mol. The van der Waals surface area contributed by atoms with Gasteiger partial charge in [-0.1, -0.05) is 52.0 Å². The molecule has 2 aromatic carbocycles. The third-order valence-electron chi connectivity index (χ3n) is 4.57. The molecule has 0 saturated heterocycles. The molecule has 0 aliphatic rings. The molecular weight excluding hydrogens is 528 g/mol. The summed E-state index contributed by atoms with van der Waals surface area (Å²) < 4.78 is 2.81. The molecule has 2 aromatic heterocycles. The lowest BCUT2D eigenvalue weighted by atomic mass is 10.2. The maximum absolute atomic E-state index is 12.5. The van der Waals surface area contributed by atoms with E-state index in [2.05, 4.69) is 36.4 Å². The van der Waals surface area contributed by atoms with Gasteiger partial charge in [-0.05, 0) is 19.1 Å². The summed E-state index contributed by atoms with van der Waals surface area (Å²) >= 11 is 6.01. The molecular formula is C21H17BrN6O3S2. The van der Waals surface area contributed by atoms with Gasteiger partial charge in [0, 0.05) is 39.7 Å². The first kappa shape index (κ1) is 23.1. The van der Waals surface area contributed by atoms with Crippen LogP contribution in [-0.2, 0) is 11.3 Å². The van der Waals surface area contributed by atoms with Crippen LogP contribution in [0.3, 0.4) is 0 Å². The van der Waals surface area contributed by atoms with E-state index in [1.54, 1.807) is 12.1 Å². The molecule has 0 fully saturated rings. The number of nitrogens with zero attached hydrogens (tertiary/aromatic N) is 5. The average molecular weight is 545 g/mol. The normalized spacial score (nSPS) is 10.8. The number of halogens is 1. The fraction of sp³-hybridized carbons (Fsp3) is 0.143. The van der Waals surface area contributed by atoms with Crippen molar-refractivity contribution in [2.45, 2.75) is 18.6 Å². The molecule has 0 aliphatic carbocycles. The van der Waals surface area contributed by atoms with Gasteiger partial charge in [-0.2, -0.15) is 0 Å². The van der Waals surface area contributed by atoms with E-state index in [1.807, 2.05) is 41.1 Å². The van der Waals surface area contributed by atoms with Gasteiger partial charge in [0.15, 0.2) is 16.1 Å². The smallest absolute Gasteiger partial charge is 0.270 e. The number of thioether (sulfide) groups is 1. The van der Waals surface area contributed by atoms with E-state index < -0.39 is 4.92 Å². The van der Waals surface area contributed by atoms with Crippen LogP contribution in [0, 0.1) is 10.1 Å². The number of nitrogens with one attached hydrogen (secondary N) is 1. The second-order valence-electron chi connectivity index (χ2n) is 6.74. The van der Waals surface area contributed by atoms with E-state index >= 15 is 0 Å². The van der Waals surface area contributed by atoms with E-state index in [0.717, 1.165) is 15.7 Å². The van der Waals surface area contributed by atoms with Gasteiger partial charge in [0.2, 0.25) is 5.91 Å². The fourth-order valence-electron chi connectivity index (χ4n) is 3.02. The molecule has 1 amide bonds. The second kappa shape index (κ2) is 10.2. The van der Waals surface area contributed by atoms with Gasteiger partial charge in [0.25, 0.3) is 5.69 Å². The van der Waals surface area contributed by atoms with Gasteiger partial charge in [-0.25, -0.2) is 4.98 Å². The van der Waals surface area contributed by atoms with Crippen LogP contribution < -0.4 is 5.32 Å². The molecule has 2 heterocycles. The highest BCUT2D eigenvalue weighted by molar-refractivity contribution is 9.10. The van der Waals surface area contributed by atoms with Crippen molar-refractivity contribution in [3.05, 3.63) is 68.5 Å². The lowest BCUT2D eigenvalue weighted by Crippen LogP contribution is -2.14. The van der Waals surface area contributed by atoms with E-state index in [-0.39, 0.29) is 17.3 Å². The molecule has 0 atom stereocenters. The Morgan fingerprint density at radius 1 is 1.21 bits per heavy atom. The summed E-state index contributed by atoms with van der Waals surface area (Å²) in [6, 6.07) is 14.0. The summed E-state index contributed by atoms with van der Waals surface area (Å²) in [7, 11) is 0. The highest BCUT2D eigenvalue weighted by Crippen LogP contribution is 2.28. The summed E-state index contributed by atoms with van der Waals surface area (Å²) in [5, 5.41) is 25.2. The first-order chi connectivity index (χ1) is 15.9. The number of benzene rings is 2. The molecule has 9 nitrogen and oxygen atoms in total. The Morgan fingerprint density at radius 2 is 2.00 bits per heavy atom. The van der Waals surface area contributed by atoms with Crippen LogP contribution in [0.2, 0.25) is 0 Å². The van der Waals surface area contributed by atoms with E-state index in [1.165, 1.54) is 35.2 Å². The van der Waals surface area contributed by atoms with Crippen molar-refractivity contribution in [1.82, 2.24) is 19.7 Å². The van der Waals surface area contributed by atoms with Crippen molar-refractivity contribution in [2.24, 2.45) is 0 Å². The van der Waals surface area contributed by atoms with Gasteiger partial charge in [0.1, 0.15) is 0 Å². The highest BCUT2D eigenvalue weighted by atomic mass is 79.9. The van der Waals surface area contributed by atoms with Crippen LogP contribution in [0.5, 0.6) is 0 Å². The van der Waals surface area contributed by atoms with Gasteiger partial charge < -0.3 is 9.88 Å². The number of hydrogen-bond acceptors (Lipinski definition) is 8. The summed E-state index contributed by atoms with van der Waals surface area (Å²) in [5.74, 6) is 0.433. The number of nitro groups is 1. The minimum Gasteiger partial charge on any atom is -0.302 e. The van der Waals surface area contributed by atoms with Crippen molar-refractivity contribution in [2.75, 3.05) is 11.1 Å². The zero-order chi connectivity index (χ0) is 23.4. The molecule has 4 aromatic rings. The third-order valence-corrected chi connectivity index (χ3v) is 6.82. The average Bonchev–Trinajstić information content (AvgIpc) is 3.45. The number of amides is 1. The standard InChI is InChI=1S/C21H17BrN6O3S2/c1-2-27-19(14-4-3-5-16(10-14)28(30)31)25-26-21(27)33-12-18(29)24-20-23-17(11-32-20)13-6-8-15(22)9-7-13/h3-11H,2,12H2,1H3,(H,23,24,29). The fourth-order valence-corrected chi connectivity index (χ4v) is 4.83. The lowest BCUT2D eigenvalue weighted by molar-refractivity contribution is -0.384. The van der Waals surface area contributed by atoms with Gasteiger partial charge >= 0.3 is 0 Å². The molecule has 0 unspecified atom stereocenters. The number of anilines is 1. The zero-order valence-corrected chi connectivity index (χ0v) is 20.5. The number of nitro benzene ring substituents is 1. The number of hydrogen-bond donors (Lipinski definition) is 1. The predicted octanol–water partition coefficient (Wildman–Crippen LogP) is 5.49. The first-order valence-corrected chi connectivity index (χ1v) is 12.4. The Labute approximate surface area is 205 Å².